The molecule has 4 heteroatoms. The molecule has 0 aliphatic heterocycles. The second-order valence-electron chi connectivity index (χ2n) is 4.75. The van der Waals surface area contributed by atoms with Crippen LogP contribution in [-0.2, 0) is 9.53 Å². The van der Waals surface area contributed by atoms with Crippen molar-refractivity contribution in [3.63, 3.8) is 0 Å². The highest BCUT2D eigenvalue weighted by Gasteiger charge is 2.23. The zero-order valence-corrected chi connectivity index (χ0v) is 12.8. The zero-order chi connectivity index (χ0) is 15.1. The Kier molecular flexibility index (Phi) is 6.65. The molecule has 0 fully saturated rings. The maximum absolute atomic E-state index is 13.5. The Morgan fingerprint density at radius 2 is 1.95 bits per heavy atom. The van der Waals surface area contributed by atoms with E-state index in [4.69, 9.17) is 4.74 Å². The maximum atomic E-state index is 13.5. The van der Waals surface area contributed by atoms with E-state index in [0.29, 0.717) is 6.61 Å². The fraction of sp³-hybridized carbons (Fsp3) is 0.562. The van der Waals surface area contributed by atoms with Gasteiger partial charge in [-0.15, -0.1) is 0 Å². The first-order valence-corrected chi connectivity index (χ1v) is 7.19. The van der Waals surface area contributed by atoms with Gasteiger partial charge in [-0.05, 0) is 50.2 Å². The molecule has 0 saturated heterocycles. The number of hydrogen-bond acceptors (Lipinski definition) is 3. The number of aryl methyl sites for hydroxylation is 1. The molecule has 0 N–H and O–H groups in total. The van der Waals surface area contributed by atoms with Gasteiger partial charge in [0.05, 0.1) is 13.0 Å². The van der Waals surface area contributed by atoms with Crippen molar-refractivity contribution in [2.45, 2.75) is 40.2 Å². The number of nitrogens with zero attached hydrogens (tertiary/aromatic N) is 1. The molecule has 1 aromatic rings. The summed E-state index contributed by atoms with van der Waals surface area (Å²) < 4.78 is 18.6. The van der Waals surface area contributed by atoms with Gasteiger partial charge < -0.3 is 4.74 Å². The molecule has 0 saturated carbocycles. The molecule has 0 bridgehead atoms. The van der Waals surface area contributed by atoms with Crippen molar-refractivity contribution < 1.29 is 13.9 Å². The molecular weight excluding hydrogens is 257 g/mol. The summed E-state index contributed by atoms with van der Waals surface area (Å²) in [5.74, 6) is -0.514. The summed E-state index contributed by atoms with van der Waals surface area (Å²) in [6.45, 7) is 9.78. The number of ether oxygens (including phenoxy) is 1. The Bertz CT molecular complexity index is 444. The van der Waals surface area contributed by atoms with Gasteiger partial charge in [-0.3, -0.25) is 9.69 Å². The Hall–Kier alpha value is -1.42. The van der Waals surface area contributed by atoms with Gasteiger partial charge in [0.15, 0.2) is 0 Å². The van der Waals surface area contributed by atoms with Crippen molar-refractivity contribution in [3.05, 3.63) is 35.1 Å². The molecule has 1 unspecified atom stereocenters. The Labute approximate surface area is 120 Å². The summed E-state index contributed by atoms with van der Waals surface area (Å²) in [5, 5.41) is 0. The predicted octanol–water partition coefficient (Wildman–Crippen LogP) is 3.47. The molecule has 0 spiro atoms. The molecule has 0 amide bonds. The van der Waals surface area contributed by atoms with Crippen molar-refractivity contribution in [2.24, 2.45) is 0 Å². The summed E-state index contributed by atoms with van der Waals surface area (Å²) in [6, 6.07) is 4.59. The monoisotopic (exact) mass is 281 g/mol. The normalized spacial score (nSPS) is 12.5. The number of benzene rings is 1. The van der Waals surface area contributed by atoms with Crippen LogP contribution in [0.5, 0.6) is 0 Å². The quantitative estimate of drug-likeness (QED) is 0.717. The van der Waals surface area contributed by atoms with Crippen molar-refractivity contribution in [1.82, 2.24) is 4.90 Å². The summed E-state index contributed by atoms with van der Waals surface area (Å²) >= 11 is 0. The van der Waals surface area contributed by atoms with E-state index in [1.165, 1.54) is 12.1 Å². The minimum atomic E-state index is -0.272. The van der Waals surface area contributed by atoms with Crippen molar-refractivity contribution in [1.29, 1.82) is 0 Å². The van der Waals surface area contributed by atoms with E-state index in [1.807, 2.05) is 20.8 Å². The number of carbonyl (C=O) groups is 1. The highest BCUT2D eigenvalue weighted by atomic mass is 19.1. The number of esters is 1. The molecule has 1 rings (SSSR count). The smallest absolute Gasteiger partial charge is 0.307 e. The molecule has 112 valence electrons. The van der Waals surface area contributed by atoms with E-state index >= 15 is 0 Å². The van der Waals surface area contributed by atoms with E-state index in [2.05, 4.69) is 4.90 Å². The lowest BCUT2D eigenvalue weighted by Crippen LogP contribution is -2.31. The van der Waals surface area contributed by atoms with E-state index in [-0.39, 0.29) is 24.2 Å². The van der Waals surface area contributed by atoms with E-state index < -0.39 is 0 Å². The van der Waals surface area contributed by atoms with Crippen LogP contribution < -0.4 is 0 Å². The fourth-order valence-electron chi connectivity index (χ4n) is 2.45. The van der Waals surface area contributed by atoms with Crippen LogP contribution in [0.1, 0.15) is 44.4 Å². The Morgan fingerprint density at radius 1 is 1.30 bits per heavy atom. The first-order valence-electron chi connectivity index (χ1n) is 7.19. The van der Waals surface area contributed by atoms with Crippen LogP contribution in [0.4, 0.5) is 4.39 Å². The van der Waals surface area contributed by atoms with Crippen LogP contribution >= 0.6 is 0 Å². The molecule has 0 heterocycles. The van der Waals surface area contributed by atoms with Gasteiger partial charge in [0.25, 0.3) is 0 Å². The summed E-state index contributed by atoms with van der Waals surface area (Å²) in [4.78, 5) is 14.0. The van der Waals surface area contributed by atoms with Crippen LogP contribution in [-0.4, -0.2) is 30.6 Å². The van der Waals surface area contributed by atoms with Crippen LogP contribution in [0.15, 0.2) is 18.2 Å². The third-order valence-electron chi connectivity index (χ3n) is 3.52. The predicted molar refractivity (Wildman–Crippen MR) is 78.0 cm³/mol. The largest absolute Gasteiger partial charge is 0.466 e. The highest BCUT2D eigenvalue weighted by Crippen LogP contribution is 2.28. The van der Waals surface area contributed by atoms with Crippen molar-refractivity contribution >= 4 is 5.97 Å². The van der Waals surface area contributed by atoms with Gasteiger partial charge in [0.2, 0.25) is 0 Å². The second-order valence-corrected chi connectivity index (χ2v) is 4.75. The minimum Gasteiger partial charge on any atom is -0.466 e. The minimum absolute atomic E-state index is 0.139. The highest BCUT2D eigenvalue weighted by molar-refractivity contribution is 5.70. The lowest BCUT2D eigenvalue weighted by Gasteiger charge is -2.30. The molecule has 0 aliphatic rings. The number of hydrogen-bond donors (Lipinski definition) is 0. The summed E-state index contributed by atoms with van der Waals surface area (Å²) in [6.07, 6.45) is 0.250. The van der Waals surface area contributed by atoms with Crippen LogP contribution in [0, 0.1) is 12.7 Å². The van der Waals surface area contributed by atoms with Crippen molar-refractivity contribution in [3.8, 4) is 0 Å². The number of rotatable bonds is 7. The maximum Gasteiger partial charge on any atom is 0.307 e. The molecule has 0 radical (unpaired) electrons. The molecule has 1 atom stereocenters. The molecule has 20 heavy (non-hydrogen) atoms. The third-order valence-corrected chi connectivity index (χ3v) is 3.52. The topological polar surface area (TPSA) is 29.5 Å². The van der Waals surface area contributed by atoms with Crippen LogP contribution in [0.25, 0.3) is 0 Å². The van der Waals surface area contributed by atoms with Crippen LogP contribution in [0.3, 0.4) is 0 Å². The lowest BCUT2D eigenvalue weighted by molar-refractivity contribution is -0.144. The van der Waals surface area contributed by atoms with Crippen molar-refractivity contribution in [2.75, 3.05) is 19.7 Å². The Morgan fingerprint density at radius 3 is 2.50 bits per heavy atom. The number of halogens is 1. The van der Waals surface area contributed by atoms with Gasteiger partial charge in [0.1, 0.15) is 5.82 Å². The average Bonchev–Trinajstić information content (AvgIpc) is 2.42. The fourth-order valence-corrected chi connectivity index (χ4v) is 2.45. The average molecular weight is 281 g/mol. The molecule has 0 aliphatic carbocycles. The molecule has 0 aromatic heterocycles. The first-order chi connectivity index (χ1) is 9.53. The molecular formula is C16H24FNO2. The van der Waals surface area contributed by atoms with Gasteiger partial charge in [-0.1, -0.05) is 19.9 Å². The third kappa shape index (κ3) is 4.30. The van der Waals surface area contributed by atoms with Crippen LogP contribution in [0.2, 0.25) is 0 Å². The molecule has 3 nitrogen and oxygen atoms in total. The van der Waals surface area contributed by atoms with E-state index in [9.17, 15) is 9.18 Å². The molecule has 1 aromatic carbocycles. The summed E-state index contributed by atoms with van der Waals surface area (Å²) in [5.41, 5.74) is 1.86. The van der Waals surface area contributed by atoms with Gasteiger partial charge in [-0.2, -0.15) is 0 Å². The Balaban J connectivity index is 3.08. The second kappa shape index (κ2) is 8.00. The van der Waals surface area contributed by atoms with E-state index in [0.717, 1.165) is 24.2 Å². The van der Waals surface area contributed by atoms with Gasteiger partial charge >= 0.3 is 5.97 Å². The van der Waals surface area contributed by atoms with E-state index in [1.54, 1.807) is 13.0 Å². The van der Waals surface area contributed by atoms with Gasteiger partial charge in [-0.25, -0.2) is 4.39 Å². The first kappa shape index (κ1) is 16.6. The lowest BCUT2D eigenvalue weighted by atomic mass is 9.97. The number of carbonyl (C=O) groups excluding carboxylic acids is 1. The SMILES string of the molecule is CCOC(=O)CC(c1cc(F)ccc1C)N(CC)CC. The zero-order valence-electron chi connectivity index (χ0n) is 12.8. The van der Waals surface area contributed by atoms with Gasteiger partial charge in [0, 0.05) is 6.04 Å². The summed E-state index contributed by atoms with van der Waals surface area (Å²) in [7, 11) is 0. The standard InChI is InChI=1S/C16H24FNO2/c1-5-18(6-2)15(11-16(19)20-7-3)14-10-13(17)9-8-12(14)4/h8-10,15H,5-7,11H2,1-4H3.